The minimum absolute atomic E-state index is 0.288. The summed E-state index contributed by atoms with van der Waals surface area (Å²) in [4.78, 5) is 25.5. The molecule has 2 aliphatic rings. The lowest BCUT2D eigenvalue weighted by molar-refractivity contribution is 0.471. The number of nitrogens with one attached hydrogen (secondary N) is 1. The van der Waals surface area contributed by atoms with Crippen LogP contribution in [-0.4, -0.2) is 43.5 Å². The average molecular weight is 452 g/mol. The molecule has 0 radical (unpaired) electrons. The minimum Gasteiger partial charge on any atom is -0.352 e. The molecule has 9 heteroatoms. The average Bonchev–Trinajstić information content (AvgIpc) is 3.45. The molecule has 3 atom stereocenters. The van der Waals surface area contributed by atoms with Gasteiger partial charge in [-0.1, -0.05) is 18.5 Å². The van der Waals surface area contributed by atoms with Gasteiger partial charge in [-0.3, -0.25) is 9.97 Å². The van der Waals surface area contributed by atoms with Gasteiger partial charge < -0.3 is 15.6 Å². The molecule has 7 nitrogen and oxygen atoms in total. The Bertz CT molecular complexity index is 1300. The molecule has 1 aliphatic heterocycles. The first-order valence-corrected chi connectivity index (χ1v) is 11.8. The normalized spacial score (nSPS) is 22.8. The lowest BCUT2D eigenvalue weighted by atomic mass is 10.0. The Balaban J connectivity index is 1.44. The van der Waals surface area contributed by atoms with Gasteiger partial charge in [0.1, 0.15) is 11.5 Å². The van der Waals surface area contributed by atoms with Crippen molar-refractivity contribution in [2.75, 3.05) is 11.4 Å². The number of nitrogens with two attached hydrogens (primary N) is 1. The smallest absolute Gasteiger partial charge is 0.196 e. The molecule has 2 fully saturated rings. The van der Waals surface area contributed by atoms with Crippen molar-refractivity contribution >= 4 is 51.2 Å². The molecule has 4 aromatic heterocycles. The monoisotopic (exact) mass is 451 g/mol. The highest BCUT2D eigenvalue weighted by Crippen LogP contribution is 2.44. The number of hydrogen-bond acceptors (Lipinski definition) is 7. The fourth-order valence-electron chi connectivity index (χ4n) is 4.92. The van der Waals surface area contributed by atoms with E-state index in [4.69, 9.17) is 27.3 Å². The summed E-state index contributed by atoms with van der Waals surface area (Å²) in [6, 6.07) is 6.57. The Labute approximate surface area is 188 Å². The largest absolute Gasteiger partial charge is 0.352 e. The van der Waals surface area contributed by atoms with Gasteiger partial charge in [-0.25, -0.2) is 9.97 Å². The van der Waals surface area contributed by atoms with Gasteiger partial charge in [-0.2, -0.15) is 0 Å². The minimum atomic E-state index is 0.288. The van der Waals surface area contributed by atoms with Crippen LogP contribution in [0.15, 0.2) is 40.6 Å². The van der Waals surface area contributed by atoms with Gasteiger partial charge in [-0.05, 0) is 55.1 Å². The van der Waals surface area contributed by atoms with Gasteiger partial charge in [0.2, 0.25) is 0 Å². The summed E-state index contributed by atoms with van der Waals surface area (Å²) in [5.74, 6) is 1.44. The molecule has 5 heterocycles. The third kappa shape index (κ3) is 3.16. The maximum Gasteiger partial charge on any atom is 0.196 e. The number of anilines is 1. The number of aromatic nitrogens is 5. The third-order valence-corrected chi connectivity index (χ3v) is 7.72. The van der Waals surface area contributed by atoms with Crippen molar-refractivity contribution in [2.45, 2.75) is 48.3 Å². The second kappa shape index (κ2) is 7.32. The molecule has 31 heavy (non-hydrogen) atoms. The first-order valence-electron chi connectivity index (χ1n) is 10.6. The molecular formula is C22H22ClN7S. The van der Waals surface area contributed by atoms with Crippen LogP contribution < -0.4 is 10.6 Å². The Morgan fingerprint density at radius 2 is 2.16 bits per heavy atom. The Hall–Kier alpha value is -2.42. The van der Waals surface area contributed by atoms with E-state index in [0.717, 1.165) is 69.3 Å². The number of pyridine rings is 2. The van der Waals surface area contributed by atoms with E-state index in [9.17, 15) is 0 Å². The molecule has 0 amide bonds. The Morgan fingerprint density at radius 3 is 2.94 bits per heavy atom. The second-order valence-corrected chi connectivity index (χ2v) is 9.76. The number of nitrogens with zero attached hydrogens (tertiary/aromatic N) is 5. The Morgan fingerprint density at radius 1 is 1.26 bits per heavy atom. The summed E-state index contributed by atoms with van der Waals surface area (Å²) in [5.41, 5.74) is 9.80. The van der Waals surface area contributed by atoms with E-state index in [-0.39, 0.29) is 6.04 Å². The first-order chi connectivity index (χ1) is 15.1. The van der Waals surface area contributed by atoms with Gasteiger partial charge in [-0.15, -0.1) is 0 Å². The molecule has 1 aliphatic carbocycles. The molecule has 4 aromatic rings. The number of H-pyrrole nitrogens is 1. The summed E-state index contributed by atoms with van der Waals surface area (Å²) >= 11 is 8.26. The van der Waals surface area contributed by atoms with E-state index in [1.165, 1.54) is 11.8 Å². The SMILES string of the molecule is CCc1[nH]c2nc(Sc3cnc4cccnc4c3)nc(N3CC4CC3CC4N)c2c1Cl. The Kier molecular flexibility index (Phi) is 4.55. The highest BCUT2D eigenvalue weighted by molar-refractivity contribution is 7.99. The molecule has 0 aromatic carbocycles. The van der Waals surface area contributed by atoms with Crippen LogP contribution in [0.4, 0.5) is 5.82 Å². The lowest BCUT2D eigenvalue weighted by Gasteiger charge is -2.31. The van der Waals surface area contributed by atoms with Gasteiger partial charge in [0, 0.05) is 41.6 Å². The fraction of sp³-hybridized carbons (Fsp3) is 0.364. The van der Waals surface area contributed by atoms with Crippen LogP contribution in [0.1, 0.15) is 25.5 Å². The number of halogens is 1. The first kappa shape index (κ1) is 19.3. The van der Waals surface area contributed by atoms with Crippen LogP contribution in [0.3, 0.4) is 0 Å². The molecule has 2 bridgehead atoms. The van der Waals surface area contributed by atoms with Crippen LogP contribution in [0, 0.1) is 5.92 Å². The fourth-order valence-corrected chi connectivity index (χ4v) is 6.03. The van der Waals surface area contributed by atoms with Crippen LogP contribution in [-0.2, 0) is 6.42 Å². The van der Waals surface area contributed by atoms with Crippen LogP contribution in [0.25, 0.3) is 22.1 Å². The summed E-state index contributed by atoms with van der Waals surface area (Å²) in [7, 11) is 0. The van der Waals surface area contributed by atoms with Crippen molar-refractivity contribution in [3.05, 3.63) is 41.3 Å². The zero-order valence-electron chi connectivity index (χ0n) is 17.0. The number of aromatic amines is 1. The molecule has 3 unspecified atom stereocenters. The van der Waals surface area contributed by atoms with Crippen molar-refractivity contribution in [3.8, 4) is 0 Å². The molecule has 6 rings (SSSR count). The summed E-state index contributed by atoms with van der Waals surface area (Å²) < 4.78 is 0. The molecular weight excluding hydrogens is 430 g/mol. The van der Waals surface area contributed by atoms with Crippen LogP contribution >= 0.6 is 23.4 Å². The number of aryl methyl sites for hydroxylation is 1. The molecule has 3 N–H and O–H groups in total. The molecule has 1 saturated heterocycles. The second-order valence-electron chi connectivity index (χ2n) is 8.34. The highest BCUT2D eigenvalue weighted by atomic mass is 35.5. The van der Waals surface area contributed by atoms with E-state index >= 15 is 0 Å². The van der Waals surface area contributed by atoms with Crippen molar-refractivity contribution in [1.29, 1.82) is 0 Å². The maximum absolute atomic E-state index is 6.76. The third-order valence-electron chi connectivity index (χ3n) is 6.48. The zero-order chi connectivity index (χ0) is 21.1. The van der Waals surface area contributed by atoms with E-state index in [1.807, 2.05) is 24.4 Å². The quantitative estimate of drug-likeness (QED) is 0.449. The van der Waals surface area contributed by atoms with Gasteiger partial charge in [0.05, 0.1) is 21.4 Å². The predicted molar refractivity (Wildman–Crippen MR) is 124 cm³/mol. The van der Waals surface area contributed by atoms with Crippen molar-refractivity contribution < 1.29 is 0 Å². The van der Waals surface area contributed by atoms with Gasteiger partial charge in [0.15, 0.2) is 5.16 Å². The molecule has 0 spiro atoms. The van der Waals surface area contributed by atoms with E-state index < -0.39 is 0 Å². The summed E-state index contributed by atoms with van der Waals surface area (Å²) in [5, 5.41) is 2.32. The van der Waals surface area contributed by atoms with Crippen molar-refractivity contribution in [3.63, 3.8) is 0 Å². The molecule has 1 saturated carbocycles. The van der Waals surface area contributed by atoms with Crippen LogP contribution in [0.2, 0.25) is 5.02 Å². The standard InChI is InChI=1S/C22H22ClN7S/c1-2-15-19(23)18-20(27-15)28-22(29-21(18)30-10-11-6-12(30)7-14(11)24)31-13-8-17-16(26-9-13)4-3-5-25-17/h3-5,8-9,11-12,14H,2,6-7,10,24H2,1H3,(H,27,28,29). The maximum atomic E-state index is 6.76. The van der Waals surface area contributed by atoms with Gasteiger partial charge in [0.25, 0.3) is 0 Å². The summed E-state index contributed by atoms with van der Waals surface area (Å²) in [6.07, 6.45) is 6.56. The highest BCUT2D eigenvalue weighted by Gasteiger charge is 2.44. The van der Waals surface area contributed by atoms with Crippen LogP contribution in [0.5, 0.6) is 0 Å². The number of hydrogen-bond donors (Lipinski definition) is 2. The van der Waals surface area contributed by atoms with E-state index in [0.29, 0.717) is 17.1 Å². The van der Waals surface area contributed by atoms with Gasteiger partial charge >= 0.3 is 0 Å². The topological polar surface area (TPSA) is 96.6 Å². The van der Waals surface area contributed by atoms with E-state index in [1.54, 1.807) is 6.20 Å². The van der Waals surface area contributed by atoms with Crippen molar-refractivity contribution in [2.24, 2.45) is 11.7 Å². The predicted octanol–water partition coefficient (Wildman–Crippen LogP) is 4.19. The number of piperidine rings is 1. The number of rotatable bonds is 4. The van der Waals surface area contributed by atoms with Crippen molar-refractivity contribution in [1.82, 2.24) is 24.9 Å². The molecule has 158 valence electrons. The summed E-state index contributed by atoms with van der Waals surface area (Å²) in [6.45, 7) is 3.01. The lowest BCUT2D eigenvalue weighted by Crippen LogP contribution is -2.41. The van der Waals surface area contributed by atoms with E-state index in [2.05, 4.69) is 26.8 Å². The zero-order valence-corrected chi connectivity index (χ0v) is 18.6. The number of fused-ring (bicyclic) bond motifs is 4.